The van der Waals surface area contributed by atoms with Gasteiger partial charge in [-0.2, -0.15) is 18.2 Å². The van der Waals surface area contributed by atoms with Crippen LogP contribution in [0.5, 0.6) is 0 Å². The van der Waals surface area contributed by atoms with Crippen LogP contribution >= 0.6 is 0 Å². The number of carbonyl (C=O) groups excluding carboxylic acids is 1. The first-order chi connectivity index (χ1) is 16.7. The quantitative estimate of drug-likeness (QED) is 0.394. The Labute approximate surface area is 196 Å². The van der Waals surface area contributed by atoms with Gasteiger partial charge in [0.25, 0.3) is 5.91 Å². The fourth-order valence-corrected chi connectivity index (χ4v) is 4.11. The van der Waals surface area contributed by atoms with Crippen LogP contribution in [-0.2, 0) is 11.2 Å². The second-order valence-electron chi connectivity index (χ2n) is 8.13. The van der Waals surface area contributed by atoms with Crippen LogP contribution in [0, 0.1) is 12.7 Å². The van der Waals surface area contributed by atoms with E-state index in [1.165, 1.54) is 29.1 Å². The van der Waals surface area contributed by atoms with Crippen LogP contribution in [0.2, 0.25) is 0 Å². The normalized spacial score (nSPS) is 16.3. The number of fused-ring (bicyclic) bond motifs is 1. The van der Waals surface area contributed by atoms with Crippen LogP contribution in [0.1, 0.15) is 23.9 Å². The molecule has 12 heteroatoms. The van der Waals surface area contributed by atoms with Gasteiger partial charge in [-0.25, -0.2) is 9.07 Å². The molecule has 1 aliphatic heterocycles. The van der Waals surface area contributed by atoms with E-state index in [9.17, 15) is 22.4 Å². The summed E-state index contributed by atoms with van der Waals surface area (Å²) in [4.78, 5) is 18.0. The summed E-state index contributed by atoms with van der Waals surface area (Å²) in [6, 6.07) is 9.74. The summed E-state index contributed by atoms with van der Waals surface area (Å²) in [5, 5.41) is 12.0. The van der Waals surface area contributed by atoms with E-state index in [4.69, 9.17) is 4.52 Å². The molecular weight excluding hydrogens is 468 g/mol. The molecule has 1 unspecified atom stereocenters. The lowest BCUT2D eigenvalue weighted by Crippen LogP contribution is -2.42. The molecule has 2 aromatic carbocycles. The summed E-state index contributed by atoms with van der Waals surface area (Å²) in [5.41, 5.74) is 1.80. The summed E-state index contributed by atoms with van der Waals surface area (Å²) >= 11 is 0. The van der Waals surface area contributed by atoms with E-state index in [1.54, 1.807) is 31.2 Å². The number of halogens is 4. The average molecular weight is 486 g/mol. The minimum Gasteiger partial charge on any atom is -0.339 e. The molecule has 0 radical (unpaired) electrons. The Balaban J connectivity index is 1.44. The minimum atomic E-state index is -4.67. The first-order valence-electron chi connectivity index (χ1n) is 10.7. The van der Waals surface area contributed by atoms with Crippen molar-refractivity contribution in [2.75, 3.05) is 11.4 Å². The number of hydrogen-bond acceptors (Lipinski definition) is 6. The fraction of sp³-hybridized carbons (Fsp3) is 0.261. The second-order valence-corrected chi connectivity index (χ2v) is 8.13. The predicted molar refractivity (Wildman–Crippen MR) is 116 cm³/mol. The van der Waals surface area contributed by atoms with Gasteiger partial charge < -0.3 is 9.42 Å². The molecule has 0 spiro atoms. The zero-order valence-electron chi connectivity index (χ0n) is 18.3. The lowest BCUT2D eigenvalue weighted by molar-refractivity contribution is -0.134. The molecule has 1 amide bonds. The lowest BCUT2D eigenvalue weighted by atomic mass is 10.1. The van der Waals surface area contributed by atoms with Gasteiger partial charge in [-0.3, -0.25) is 4.79 Å². The van der Waals surface area contributed by atoms with Crippen LogP contribution in [0.4, 0.5) is 23.2 Å². The van der Waals surface area contributed by atoms with Crippen molar-refractivity contribution in [3.05, 3.63) is 65.9 Å². The highest BCUT2D eigenvalue weighted by atomic mass is 19.4. The highest BCUT2D eigenvalue weighted by Gasteiger charge is 2.40. The van der Waals surface area contributed by atoms with Gasteiger partial charge in [0.1, 0.15) is 24.1 Å². The van der Waals surface area contributed by atoms with Crippen molar-refractivity contribution >= 4 is 11.6 Å². The topological polar surface area (TPSA) is 89.9 Å². The van der Waals surface area contributed by atoms with Crippen LogP contribution in [0.3, 0.4) is 0 Å². The number of benzene rings is 2. The van der Waals surface area contributed by atoms with Crippen molar-refractivity contribution in [1.82, 2.24) is 25.1 Å². The second kappa shape index (κ2) is 8.60. The van der Waals surface area contributed by atoms with Crippen LogP contribution in [0.25, 0.3) is 22.6 Å². The van der Waals surface area contributed by atoms with Crippen molar-refractivity contribution in [1.29, 1.82) is 0 Å². The highest BCUT2D eigenvalue weighted by Crippen LogP contribution is 2.35. The Bertz CT molecular complexity index is 1380. The first-order valence-corrected chi connectivity index (χ1v) is 10.7. The summed E-state index contributed by atoms with van der Waals surface area (Å²) in [6.07, 6.45) is -3.03. The largest absolute Gasteiger partial charge is 0.406 e. The van der Waals surface area contributed by atoms with E-state index in [-0.39, 0.29) is 24.1 Å². The van der Waals surface area contributed by atoms with E-state index in [0.29, 0.717) is 27.9 Å². The van der Waals surface area contributed by atoms with Gasteiger partial charge in [0.05, 0.1) is 11.9 Å². The molecule has 180 valence electrons. The first kappa shape index (κ1) is 22.7. The third kappa shape index (κ3) is 4.51. The third-order valence-corrected chi connectivity index (χ3v) is 5.74. The van der Waals surface area contributed by atoms with Gasteiger partial charge >= 0.3 is 6.18 Å². The molecule has 1 atom stereocenters. The molecule has 0 saturated carbocycles. The van der Waals surface area contributed by atoms with Crippen molar-refractivity contribution in [2.45, 2.75) is 32.0 Å². The van der Waals surface area contributed by atoms with E-state index >= 15 is 0 Å². The van der Waals surface area contributed by atoms with E-state index < -0.39 is 30.5 Å². The van der Waals surface area contributed by atoms with Gasteiger partial charge in [-0.05, 0) is 25.0 Å². The van der Waals surface area contributed by atoms with Gasteiger partial charge in [0.15, 0.2) is 0 Å². The van der Waals surface area contributed by atoms with Gasteiger partial charge in [0, 0.05) is 23.6 Å². The summed E-state index contributed by atoms with van der Waals surface area (Å²) in [5.74, 6) is -0.620. The van der Waals surface area contributed by atoms with Gasteiger partial charge in [0.2, 0.25) is 11.7 Å². The van der Waals surface area contributed by atoms with Gasteiger partial charge in [-0.1, -0.05) is 40.7 Å². The van der Waals surface area contributed by atoms with Crippen molar-refractivity contribution in [3.63, 3.8) is 0 Å². The molecule has 0 saturated heterocycles. The minimum absolute atomic E-state index is 0.0695. The Hall–Kier alpha value is -4.09. The molecule has 3 heterocycles. The molecule has 8 nitrogen and oxygen atoms in total. The van der Waals surface area contributed by atoms with Crippen molar-refractivity contribution in [3.8, 4) is 22.6 Å². The zero-order chi connectivity index (χ0) is 24.7. The number of hydrogen-bond donors (Lipinski definition) is 0. The average Bonchev–Trinajstić information content (AvgIpc) is 3.45. The number of alkyl halides is 3. The Kier molecular flexibility index (Phi) is 5.58. The fourth-order valence-electron chi connectivity index (χ4n) is 4.11. The van der Waals surface area contributed by atoms with Crippen molar-refractivity contribution in [2.24, 2.45) is 0 Å². The SMILES string of the molecule is Cc1nc(-c2ccc(-c3cn(C4CCc5c(F)cccc5N(CC(F)(F)F)C4=O)nn3)cc2)no1. The maximum atomic E-state index is 14.4. The molecule has 2 aromatic heterocycles. The molecule has 0 fully saturated rings. The number of anilines is 1. The number of rotatable bonds is 4. The van der Waals surface area contributed by atoms with Crippen LogP contribution in [0.15, 0.2) is 53.2 Å². The smallest absolute Gasteiger partial charge is 0.339 e. The number of aromatic nitrogens is 5. The summed E-state index contributed by atoms with van der Waals surface area (Å²) in [6.45, 7) is 0.151. The standard InChI is InChI=1S/C23H18F4N6O2/c1-13-28-21(30-35-13)15-7-5-14(6-8-15)18-11-33(31-29-18)20-10-9-16-17(24)3-2-4-19(16)32(22(20)34)12-23(25,26)27/h2-8,11,20H,9-10,12H2,1H3. The summed E-state index contributed by atoms with van der Waals surface area (Å²) < 4.78 is 60.6. The lowest BCUT2D eigenvalue weighted by Gasteiger charge is -2.26. The molecular formula is C23H18F4N6O2. The van der Waals surface area contributed by atoms with Crippen molar-refractivity contribution < 1.29 is 26.9 Å². The predicted octanol–water partition coefficient (Wildman–Crippen LogP) is 4.53. The maximum Gasteiger partial charge on any atom is 0.406 e. The molecule has 35 heavy (non-hydrogen) atoms. The van der Waals surface area contributed by atoms with E-state index in [0.717, 1.165) is 5.56 Å². The highest BCUT2D eigenvalue weighted by molar-refractivity contribution is 5.97. The van der Waals surface area contributed by atoms with E-state index in [2.05, 4.69) is 20.5 Å². The third-order valence-electron chi connectivity index (χ3n) is 5.74. The molecule has 1 aliphatic rings. The monoisotopic (exact) mass is 486 g/mol. The van der Waals surface area contributed by atoms with Crippen LogP contribution < -0.4 is 4.90 Å². The zero-order valence-corrected chi connectivity index (χ0v) is 18.3. The van der Waals surface area contributed by atoms with Gasteiger partial charge in [-0.15, -0.1) is 5.10 Å². The molecule has 0 bridgehead atoms. The Morgan fingerprint density at radius 1 is 1.11 bits per heavy atom. The summed E-state index contributed by atoms with van der Waals surface area (Å²) in [7, 11) is 0. The van der Waals surface area contributed by atoms with E-state index in [1.807, 2.05) is 0 Å². The Morgan fingerprint density at radius 3 is 2.54 bits per heavy atom. The maximum absolute atomic E-state index is 14.4. The van der Waals surface area contributed by atoms with Crippen LogP contribution in [-0.4, -0.2) is 43.8 Å². The molecule has 0 N–H and O–H groups in total. The number of amides is 1. The molecule has 5 rings (SSSR count). The number of carbonyl (C=O) groups is 1. The molecule has 0 aliphatic carbocycles. The number of nitrogens with zero attached hydrogens (tertiary/aromatic N) is 6. The molecule has 4 aromatic rings. The Morgan fingerprint density at radius 2 is 1.86 bits per heavy atom. The number of aryl methyl sites for hydroxylation is 1.